The molecule has 2 rings (SSSR count). The summed E-state index contributed by atoms with van der Waals surface area (Å²) in [6.45, 7) is 0. The van der Waals surface area contributed by atoms with Crippen LogP contribution in [0, 0.1) is 0 Å². The van der Waals surface area contributed by atoms with Gasteiger partial charge in [0.25, 0.3) is 0 Å². The van der Waals surface area contributed by atoms with Gasteiger partial charge < -0.3 is 9.84 Å². The first-order chi connectivity index (χ1) is 9.38. The highest BCUT2D eigenvalue weighted by atomic mass is 19.4. The van der Waals surface area contributed by atoms with Crippen molar-refractivity contribution in [2.45, 2.75) is 6.18 Å². The molecule has 2 aromatic rings. The summed E-state index contributed by atoms with van der Waals surface area (Å²) in [6, 6.07) is 7.08. The maximum atomic E-state index is 12.7. The number of rotatable bonds is 3. The van der Waals surface area contributed by atoms with Gasteiger partial charge in [-0.1, -0.05) is 12.1 Å². The number of ether oxygens (including phenoxy) is 1. The molecule has 20 heavy (non-hydrogen) atoms. The fourth-order valence-electron chi connectivity index (χ4n) is 1.47. The summed E-state index contributed by atoms with van der Waals surface area (Å²) >= 11 is 0. The number of pyridine rings is 1. The number of carbonyl (C=O) groups is 1. The van der Waals surface area contributed by atoms with E-state index in [1.165, 1.54) is 24.3 Å². The Labute approximate surface area is 111 Å². The summed E-state index contributed by atoms with van der Waals surface area (Å²) in [7, 11) is 0. The molecule has 1 aromatic heterocycles. The fourth-order valence-corrected chi connectivity index (χ4v) is 1.47. The molecule has 0 bridgehead atoms. The number of carboxylic acids is 1. The number of halogens is 3. The molecule has 0 radical (unpaired) electrons. The highest BCUT2D eigenvalue weighted by Crippen LogP contribution is 2.37. The topological polar surface area (TPSA) is 59.4 Å². The number of hydrogen-bond acceptors (Lipinski definition) is 3. The predicted octanol–water partition coefficient (Wildman–Crippen LogP) is 3.59. The SMILES string of the molecule is O=C(O)c1ccc(Oc2ccccc2C(F)(F)F)nc1. The summed E-state index contributed by atoms with van der Waals surface area (Å²) in [5.41, 5.74) is -1.01. The van der Waals surface area contributed by atoms with Gasteiger partial charge >= 0.3 is 12.1 Å². The highest BCUT2D eigenvalue weighted by molar-refractivity contribution is 5.87. The lowest BCUT2D eigenvalue weighted by Crippen LogP contribution is -2.07. The molecule has 0 aliphatic heterocycles. The van der Waals surface area contributed by atoms with E-state index >= 15 is 0 Å². The second-order valence-corrected chi connectivity index (χ2v) is 3.79. The van der Waals surface area contributed by atoms with Crippen molar-refractivity contribution in [3.05, 3.63) is 53.7 Å². The van der Waals surface area contributed by atoms with Gasteiger partial charge in [0.05, 0.1) is 11.1 Å². The maximum Gasteiger partial charge on any atom is 0.419 e. The van der Waals surface area contributed by atoms with Crippen molar-refractivity contribution in [1.29, 1.82) is 0 Å². The number of para-hydroxylation sites is 1. The summed E-state index contributed by atoms with van der Waals surface area (Å²) in [6.07, 6.45) is -3.54. The molecule has 4 nitrogen and oxygen atoms in total. The van der Waals surface area contributed by atoms with Crippen LogP contribution >= 0.6 is 0 Å². The monoisotopic (exact) mass is 283 g/mol. The van der Waals surface area contributed by atoms with Gasteiger partial charge in [0.2, 0.25) is 5.88 Å². The zero-order chi connectivity index (χ0) is 14.8. The smallest absolute Gasteiger partial charge is 0.419 e. The van der Waals surface area contributed by atoms with Gasteiger partial charge in [-0.25, -0.2) is 9.78 Å². The average Bonchev–Trinajstić information content (AvgIpc) is 2.38. The quantitative estimate of drug-likeness (QED) is 0.935. The third-order valence-electron chi connectivity index (χ3n) is 2.39. The molecule has 0 atom stereocenters. The van der Waals surface area contributed by atoms with Gasteiger partial charge in [0.1, 0.15) is 5.75 Å². The Bertz CT molecular complexity index is 624. The van der Waals surface area contributed by atoms with Crippen LogP contribution in [0.4, 0.5) is 13.2 Å². The van der Waals surface area contributed by atoms with Crippen LogP contribution in [0.5, 0.6) is 11.6 Å². The van der Waals surface area contributed by atoms with Crippen LogP contribution in [-0.4, -0.2) is 16.1 Å². The lowest BCUT2D eigenvalue weighted by atomic mass is 10.2. The number of aromatic nitrogens is 1. The lowest BCUT2D eigenvalue weighted by molar-refractivity contribution is -0.138. The van der Waals surface area contributed by atoms with E-state index in [-0.39, 0.29) is 11.4 Å². The van der Waals surface area contributed by atoms with E-state index in [9.17, 15) is 18.0 Å². The Kier molecular flexibility index (Phi) is 3.60. The number of benzene rings is 1. The van der Waals surface area contributed by atoms with Crippen molar-refractivity contribution < 1.29 is 27.8 Å². The Morgan fingerprint density at radius 3 is 2.40 bits per heavy atom. The molecule has 0 spiro atoms. The molecule has 1 N–H and O–H groups in total. The zero-order valence-electron chi connectivity index (χ0n) is 9.89. The van der Waals surface area contributed by atoms with E-state index in [2.05, 4.69) is 4.98 Å². The largest absolute Gasteiger partial charge is 0.478 e. The van der Waals surface area contributed by atoms with Gasteiger partial charge in [0, 0.05) is 12.3 Å². The van der Waals surface area contributed by atoms with Gasteiger partial charge in [-0.3, -0.25) is 0 Å². The summed E-state index contributed by atoms with van der Waals surface area (Å²) in [4.78, 5) is 14.3. The van der Waals surface area contributed by atoms with E-state index in [0.717, 1.165) is 18.3 Å². The van der Waals surface area contributed by atoms with Gasteiger partial charge in [-0.15, -0.1) is 0 Å². The van der Waals surface area contributed by atoms with Gasteiger partial charge in [0.15, 0.2) is 0 Å². The molecule has 0 saturated heterocycles. The lowest BCUT2D eigenvalue weighted by Gasteiger charge is -2.12. The molecule has 0 saturated carbocycles. The highest BCUT2D eigenvalue weighted by Gasteiger charge is 2.34. The summed E-state index contributed by atoms with van der Waals surface area (Å²) in [5, 5.41) is 8.69. The molecule has 0 aliphatic carbocycles. The molecule has 104 valence electrons. The van der Waals surface area contributed by atoms with Crippen molar-refractivity contribution in [3.8, 4) is 11.6 Å². The second-order valence-electron chi connectivity index (χ2n) is 3.79. The van der Waals surface area contributed by atoms with Crippen molar-refractivity contribution in [3.63, 3.8) is 0 Å². The molecular weight excluding hydrogens is 275 g/mol. The predicted molar refractivity (Wildman–Crippen MR) is 62.7 cm³/mol. The van der Waals surface area contributed by atoms with Crippen molar-refractivity contribution in [2.75, 3.05) is 0 Å². The first-order valence-corrected chi connectivity index (χ1v) is 5.41. The minimum absolute atomic E-state index is 0.0820. The Morgan fingerprint density at radius 2 is 1.85 bits per heavy atom. The molecule has 1 aromatic carbocycles. The van der Waals surface area contributed by atoms with Crippen LogP contribution in [0.15, 0.2) is 42.6 Å². The van der Waals surface area contributed by atoms with Crippen LogP contribution < -0.4 is 4.74 Å². The van der Waals surface area contributed by atoms with E-state index in [4.69, 9.17) is 9.84 Å². The van der Waals surface area contributed by atoms with Crippen LogP contribution in [-0.2, 0) is 6.18 Å². The Hall–Kier alpha value is -2.57. The van der Waals surface area contributed by atoms with Crippen molar-refractivity contribution in [1.82, 2.24) is 4.98 Å². The zero-order valence-corrected chi connectivity index (χ0v) is 9.89. The number of nitrogens with zero attached hydrogens (tertiary/aromatic N) is 1. The standard InChI is InChI=1S/C13H8F3NO3/c14-13(15,16)9-3-1-2-4-10(9)20-11-6-5-8(7-17-11)12(18)19/h1-7H,(H,18,19). The van der Waals surface area contributed by atoms with Crippen molar-refractivity contribution in [2.24, 2.45) is 0 Å². The third-order valence-corrected chi connectivity index (χ3v) is 2.39. The number of aromatic carboxylic acids is 1. The second kappa shape index (κ2) is 5.20. The molecule has 0 amide bonds. The minimum atomic E-state index is -4.54. The molecule has 0 fully saturated rings. The van der Waals surface area contributed by atoms with Crippen LogP contribution in [0.1, 0.15) is 15.9 Å². The summed E-state index contributed by atoms with van der Waals surface area (Å²) < 4.78 is 43.3. The molecule has 7 heteroatoms. The normalized spacial score (nSPS) is 11.2. The molecule has 1 heterocycles. The number of carboxylic acid groups (broad SMARTS) is 1. The van der Waals surface area contributed by atoms with Crippen molar-refractivity contribution >= 4 is 5.97 Å². The Morgan fingerprint density at radius 1 is 1.15 bits per heavy atom. The van der Waals surface area contributed by atoms with Crippen LogP contribution in [0.25, 0.3) is 0 Å². The van der Waals surface area contributed by atoms with E-state index in [0.29, 0.717) is 0 Å². The fraction of sp³-hybridized carbons (Fsp3) is 0.0769. The third kappa shape index (κ3) is 3.05. The van der Waals surface area contributed by atoms with Gasteiger partial charge in [-0.2, -0.15) is 13.2 Å². The average molecular weight is 283 g/mol. The van der Waals surface area contributed by atoms with E-state index in [1.54, 1.807) is 0 Å². The van der Waals surface area contributed by atoms with E-state index < -0.39 is 23.5 Å². The van der Waals surface area contributed by atoms with Gasteiger partial charge in [-0.05, 0) is 18.2 Å². The minimum Gasteiger partial charge on any atom is -0.478 e. The molecule has 0 aliphatic rings. The molecular formula is C13H8F3NO3. The summed E-state index contributed by atoms with van der Waals surface area (Å²) in [5.74, 6) is -1.69. The van der Waals surface area contributed by atoms with Crippen LogP contribution in [0.2, 0.25) is 0 Å². The van der Waals surface area contributed by atoms with E-state index in [1.807, 2.05) is 0 Å². The molecule has 0 unspecified atom stereocenters. The maximum absolute atomic E-state index is 12.7. The number of alkyl halides is 3. The first kappa shape index (κ1) is 13.9. The van der Waals surface area contributed by atoms with Crippen LogP contribution in [0.3, 0.4) is 0 Å². The Balaban J connectivity index is 2.28. The first-order valence-electron chi connectivity index (χ1n) is 5.41. The number of hydrogen-bond donors (Lipinski definition) is 1.